The van der Waals surface area contributed by atoms with Crippen LogP contribution in [0.2, 0.25) is 0 Å². The Morgan fingerprint density at radius 2 is 2.18 bits per heavy atom. The highest BCUT2D eigenvalue weighted by molar-refractivity contribution is 7.92. The van der Waals surface area contributed by atoms with Crippen LogP contribution >= 0.6 is 11.3 Å². The molecule has 1 N–H and O–H groups in total. The molecule has 1 heterocycles. The molecule has 1 aromatic rings. The van der Waals surface area contributed by atoms with E-state index in [2.05, 4.69) is 22.1 Å². The molecule has 1 unspecified atom stereocenters. The van der Waals surface area contributed by atoms with E-state index in [0.717, 1.165) is 13.0 Å². The predicted molar refractivity (Wildman–Crippen MR) is 74.4 cm³/mol. The molecule has 0 fully saturated rings. The third kappa shape index (κ3) is 5.19. The first kappa shape index (κ1) is 14.7. The Hall–Kier alpha value is -0.390. The standard InChI is InChI=1S/C12H21NO2S2/c1-3-11(2)17(14,15)9-7-13-6-4-12-5-8-16-10-12/h5,8,10-11,13H,3-4,6-7,9H2,1-2H3. The molecule has 5 heteroatoms. The summed E-state index contributed by atoms with van der Waals surface area (Å²) < 4.78 is 23.4. The minimum absolute atomic E-state index is 0.221. The zero-order chi connectivity index (χ0) is 12.7. The van der Waals surface area contributed by atoms with Crippen LogP contribution in [0, 0.1) is 0 Å². The zero-order valence-corrected chi connectivity index (χ0v) is 12.1. The number of rotatable bonds is 8. The largest absolute Gasteiger partial charge is 0.315 e. The lowest BCUT2D eigenvalue weighted by Crippen LogP contribution is -2.29. The van der Waals surface area contributed by atoms with Gasteiger partial charge in [-0.25, -0.2) is 8.42 Å². The fraction of sp³-hybridized carbons (Fsp3) is 0.667. The van der Waals surface area contributed by atoms with Gasteiger partial charge in [-0.3, -0.25) is 0 Å². The average molecular weight is 275 g/mol. The second-order valence-electron chi connectivity index (χ2n) is 4.22. The molecule has 98 valence electrons. The van der Waals surface area contributed by atoms with Gasteiger partial charge < -0.3 is 5.32 Å². The Kier molecular flexibility index (Phi) is 6.16. The van der Waals surface area contributed by atoms with E-state index in [1.165, 1.54) is 5.56 Å². The number of thiophene rings is 1. The highest BCUT2D eigenvalue weighted by Crippen LogP contribution is 2.06. The lowest BCUT2D eigenvalue weighted by molar-refractivity contribution is 0.576. The summed E-state index contributed by atoms with van der Waals surface area (Å²) in [6.45, 7) is 5.08. The van der Waals surface area contributed by atoms with Crippen molar-refractivity contribution in [3.05, 3.63) is 22.4 Å². The van der Waals surface area contributed by atoms with Gasteiger partial charge in [-0.15, -0.1) is 0 Å². The lowest BCUT2D eigenvalue weighted by atomic mass is 10.2. The monoisotopic (exact) mass is 275 g/mol. The number of nitrogens with one attached hydrogen (secondary N) is 1. The molecule has 0 aliphatic carbocycles. The van der Waals surface area contributed by atoms with Gasteiger partial charge in [-0.05, 0) is 48.7 Å². The van der Waals surface area contributed by atoms with Gasteiger partial charge in [0.15, 0.2) is 9.84 Å². The topological polar surface area (TPSA) is 46.2 Å². The van der Waals surface area contributed by atoms with E-state index >= 15 is 0 Å². The van der Waals surface area contributed by atoms with Crippen molar-refractivity contribution in [3.63, 3.8) is 0 Å². The van der Waals surface area contributed by atoms with Crippen molar-refractivity contribution in [1.82, 2.24) is 5.32 Å². The molecule has 3 nitrogen and oxygen atoms in total. The van der Waals surface area contributed by atoms with Crippen LogP contribution in [0.1, 0.15) is 25.8 Å². The fourth-order valence-electron chi connectivity index (χ4n) is 1.46. The second kappa shape index (κ2) is 7.13. The Bertz CT molecular complexity index is 398. The van der Waals surface area contributed by atoms with Crippen LogP contribution in [-0.2, 0) is 16.3 Å². The number of hydrogen-bond donors (Lipinski definition) is 1. The quantitative estimate of drug-likeness (QED) is 0.739. The van der Waals surface area contributed by atoms with E-state index in [0.29, 0.717) is 13.0 Å². The molecule has 0 saturated carbocycles. The van der Waals surface area contributed by atoms with Crippen LogP contribution in [0.15, 0.2) is 16.8 Å². The van der Waals surface area contributed by atoms with Crippen LogP contribution in [-0.4, -0.2) is 32.5 Å². The first-order chi connectivity index (χ1) is 8.06. The van der Waals surface area contributed by atoms with Gasteiger partial charge >= 0.3 is 0 Å². The smallest absolute Gasteiger partial charge is 0.154 e. The maximum absolute atomic E-state index is 11.7. The maximum atomic E-state index is 11.7. The van der Waals surface area contributed by atoms with Crippen molar-refractivity contribution in [1.29, 1.82) is 0 Å². The molecular formula is C12H21NO2S2. The first-order valence-electron chi connectivity index (χ1n) is 5.99. The Morgan fingerprint density at radius 1 is 1.41 bits per heavy atom. The van der Waals surface area contributed by atoms with E-state index < -0.39 is 9.84 Å². The summed E-state index contributed by atoms with van der Waals surface area (Å²) in [4.78, 5) is 0. The lowest BCUT2D eigenvalue weighted by Gasteiger charge is -2.10. The van der Waals surface area contributed by atoms with Gasteiger partial charge in [-0.2, -0.15) is 11.3 Å². The Labute approximate surface area is 108 Å². The summed E-state index contributed by atoms with van der Waals surface area (Å²) in [6.07, 6.45) is 1.66. The average Bonchev–Trinajstić information content (AvgIpc) is 2.80. The summed E-state index contributed by atoms with van der Waals surface area (Å²) in [6, 6.07) is 2.10. The molecule has 1 rings (SSSR count). The number of sulfone groups is 1. The van der Waals surface area contributed by atoms with E-state index in [4.69, 9.17) is 0 Å². The Morgan fingerprint density at radius 3 is 2.76 bits per heavy atom. The highest BCUT2D eigenvalue weighted by atomic mass is 32.2. The molecule has 0 saturated heterocycles. The summed E-state index contributed by atoms with van der Waals surface area (Å²) >= 11 is 1.69. The molecule has 0 aromatic carbocycles. The minimum atomic E-state index is -2.91. The molecule has 0 aliphatic heterocycles. The Balaban J connectivity index is 2.16. The molecule has 1 aromatic heterocycles. The highest BCUT2D eigenvalue weighted by Gasteiger charge is 2.17. The third-order valence-corrected chi connectivity index (χ3v) is 5.99. The maximum Gasteiger partial charge on any atom is 0.154 e. The van der Waals surface area contributed by atoms with Gasteiger partial charge in [0.2, 0.25) is 0 Å². The first-order valence-corrected chi connectivity index (χ1v) is 8.65. The summed E-state index contributed by atoms with van der Waals surface area (Å²) in [5.74, 6) is 0.242. The van der Waals surface area contributed by atoms with Gasteiger partial charge in [-0.1, -0.05) is 6.92 Å². The number of hydrogen-bond acceptors (Lipinski definition) is 4. The van der Waals surface area contributed by atoms with Gasteiger partial charge in [0.05, 0.1) is 11.0 Å². The van der Waals surface area contributed by atoms with Crippen molar-refractivity contribution in [2.75, 3.05) is 18.8 Å². The van der Waals surface area contributed by atoms with Crippen LogP contribution in [0.25, 0.3) is 0 Å². The molecular weight excluding hydrogens is 254 g/mol. The van der Waals surface area contributed by atoms with Crippen LogP contribution < -0.4 is 5.32 Å². The molecule has 0 aliphatic rings. The molecule has 0 radical (unpaired) electrons. The normalized spacial score (nSPS) is 13.8. The van der Waals surface area contributed by atoms with Crippen molar-refractivity contribution in [2.45, 2.75) is 31.9 Å². The molecule has 17 heavy (non-hydrogen) atoms. The van der Waals surface area contributed by atoms with Crippen molar-refractivity contribution >= 4 is 21.2 Å². The zero-order valence-electron chi connectivity index (χ0n) is 10.5. The predicted octanol–water partition coefficient (Wildman–Crippen LogP) is 2.09. The van der Waals surface area contributed by atoms with Crippen molar-refractivity contribution < 1.29 is 8.42 Å². The van der Waals surface area contributed by atoms with Gasteiger partial charge in [0.1, 0.15) is 0 Å². The van der Waals surface area contributed by atoms with Crippen LogP contribution in [0.4, 0.5) is 0 Å². The van der Waals surface area contributed by atoms with Gasteiger partial charge in [0, 0.05) is 6.54 Å². The summed E-state index contributed by atoms with van der Waals surface area (Å²) in [5.41, 5.74) is 1.31. The third-order valence-electron chi connectivity index (χ3n) is 2.92. The fourth-order valence-corrected chi connectivity index (χ4v) is 3.50. The van der Waals surface area contributed by atoms with E-state index in [-0.39, 0.29) is 11.0 Å². The van der Waals surface area contributed by atoms with Crippen LogP contribution in [0.3, 0.4) is 0 Å². The molecule has 0 bridgehead atoms. The van der Waals surface area contributed by atoms with Crippen molar-refractivity contribution in [3.8, 4) is 0 Å². The SMILES string of the molecule is CCC(C)S(=O)(=O)CCNCCc1ccsc1. The van der Waals surface area contributed by atoms with E-state index in [9.17, 15) is 8.42 Å². The van der Waals surface area contributed by atoms with Crippen LogP contribution in [0.5, 0.6) is 0 Å². The second-order valence-corrected chi connectivity index (χ2v) is 7.54. The molecule has 1 atom stereocenters. The summed E-state index contributed by atoms with van der Waals surface area (Å²) in [5, 5.41) is 7.14. The minimum Gasteiger partial charge on any atom is -0.315 e. The van der Waals surface area contributed by atoms with E-state index in [1.807, 2.05) is 6.92 Å². The molecule has 0 spiro atoms. The van der Waals surface area contributed by atoms with Crippen molar-refractivity contribution in [2.24, 2.45) is 0 Å². The molecule has 0 amide bonds. The summed E-state index contributed by atoms with van der Waals surface area (Å²) in [7, 11) is -2.91. The van der Waals surface area contributed by atoms with E-state index in [1.54, 1.807) is 18.3 Å². The van der Waals surface area contributed by atoms with Gasteiger partial charge in [0.25, 0.3) is 0 Å².